The summed E-state index contributed by atoms with van der Waals surface area (Å²) in [6.07, 6.45) is 1.24. The van der Waals surface area contributed by atoms with Gasteiger partial charge in [-0.05, 0) is 43.0 Å². The Kier molecular flexibility index (Phi) is 3.84. The Morgan fingerprint density at radius 3 is 2.75 bits per heavy atom. The predicted molar refractivity (Wildman–Crippen MR) is 75.1 cm³/mol. The minimum Gasteiger partial charge on any atom is -0.497 e. The number of rotatable bonds is 4. The van der Waals surface area contributed by atoms with E-state index in [2.05, 4.69) is 0 Å². The van der Waals surface area contributed by atoms with Gasteiger partial charge in [-0.25, -0.2) is 0 Å². The van der Waals surface area contributed by atoms with E-state index in [1.165, 1.54) is 0 Å². The lowest BCUT2D eigenvalue weighted by Crippen LogP contribution is -2.44. The van der Waals surface area contributed by atoms with Crippen molar-refractivity contribution < 1.29 is 19.4 Å². The summed E-state index contributed by atoms with van der Waals surface area (Å²) in [5.41, 5.74) is 0.893. The van der Waals surface area contributed by atoms with E-state index in [0.29, 0.717) is 12.2 Å². The molecule has 0 bridgehead atoms. The lowest BCUT2D eigenvalue weighted by Gasteiger charge is -2.37. The molecule has 2 rings (SSSR count). The van der Waals surface area contributed by atoms with Crippen LogP contribution in [0.2, 0.25) is 0 Å². The van der Waals surface area contributed by atoms with Crippen LogP contribution in [0.5, 0.6) is 5.75 Å². The number of carbonyl (C=O) groups is 2. The van der Waals surface area contributed by atoms with Crippen molar-refractivity contribution in [3.63, 3.8) is 0 Å². The summed E-state index contributed by atoms with van der Waals surface area (Å²) in [6, 6.07) is 5.62. The zero-order chi connectivity index (χ0) is 14.9. The van der Waals surface area contributed by atoms with Crippen molar-refractivity contribution in [3.05, 3.63) is 29.3 Å². The van der Waals surface area contributed by atoms with Crippen LogP contribution in [-0.4, -0.2) is 24.0 Å². The number of fused-ring (bicyclic) bond motifs is 1. The molecule has 1 aromatic rings. The predicted octanol–water partition coefficient (Wildman–Crippen LogP) is 2.58. The van der Waals surface area contributed by atoms with Crippen LogP contribution in [0.3, 0.4) is 0 Å². The molecule has 108 valence electrons. The molecule has 0 saturated carbocycles. The maximum Gasteiger partial charge on any atom is 0.304 e. The van der Waals surface area contributed by atoms with E-state index in [-0.39, 0.29) is 18.1 Å². The van der Waals surface area contributed by atoms with Crippen LogP contribution in [0.25, 0.3) is 0 Å². The third kappa shape index (κ3) is 2.30. The number of carboxylic acids is 1. The summed E-state index contributed by atoms with van der Waals surface area (Å²) in [6.45, 7) is 3.71. The standard InChI is InChI=1S/C16H20O4/c1-4-10-7-11-5-6-12(20-3)8-13(11)16(2,15(10)19)9-14(17)18/h5-6,8,10H,4,7,9H2,1-3H3,(H,17,18). The molecule has 0 amide bonds. The van der Waals surface area contributed by atoms with Gasteiger partial charge in [0.25, 0.3) is 0 Å². The lowest BCUT2D eigenvalue weighted by atomic mass is 9.64. The minimum absolute atomic E-state index is 0.0307. The molecular formula is C16H20O4. The van der Waals surface area contributed by atoms with Gasteiger partial charge in [-0.1, -0.05) is 13.0 Å². The summed E-state index contributed by atoms with van der Waals surface area (Å²) >= 11 is 0. The van der Waals surface area contributed by atoms with Crippen molar-refractivity contribution in [2.75, 3.05) is 7.11 Å². The highest BCUT2D eigenvalue weighted by Gasteiger charge is 2.45. The first-order valence-corrected chi connectivity index (χ1v) is 6.86. The van der Waals surface area contributed by atoms with Crippen LogP contribution in [0.1, 0.15) is 37.8 Å². The number of benzene rings is 1. The number of ether oxygens (including phenoxy) is 1. The van der Waals surface area contributed by atoms with Crippen molar-refractivity contribution in [2.24, 2.45) is 5.92 Å². The Bertz CT molecular complexity index is 549. The van der Waals surface area contributed by atoms with Gasteiger partial charge >= 0.3 is 5.97 Å². The number of Topliss-reactive ketones (excluding diaryl/α,β-unsaturated/α-hetero) is 1. The number of aliphatic carboxylic acids is 1. The second-order valence-corrected chi connectivity index (χ2v) is 5.60. The molecule has 0 fully saturated rings. The van der Waals surface area contributed by atoms with Gasteiger partial charge in [0.2, 0.25) is 0 Å². The molecule has 0 spiro atoms. The van der Waals surface area contributed by atoms with E-state index >= 15 is 0 Å². The van der Waals surface area contributed by atoms with Crippen LogP contribution in [-0.2, 0) is 21.4 Å². The summed E-state index contributed by atoms with van der Waals surface area (Å²) in [5, 5.41) is 9.18. The van der Waals surface area contributed by atoms with Gasteiger partial charge in [-0.2, -0.15) is 0 Å². The molecule has 20 heavy (non-hydrogen) atoms. The molecule has 0 heterocycles. The van der Waals surface area contributed by atoms with Crippen LogP contribution in [0.15, 0.2) is 18.2 Å². The molecule has 0 saturated heterocycles. The van der Waals surface area contributed by atoms with E-state index in [9.17, 15) is 14.7 Å². The van der Waals surface area contributed by atoms with E-state index in [1.54, 1.807) is 14.0 Å². The maximum atomic E-state index is 12.7. The highest BCUT2D eigenvalue weighted by Crippen LogP contribution is 2.42. The molecule has 1 aromatic carbocycles. The van der Waals surface area contributed by atoms with Gasteiger partial charge in [0.15, 0.2) is 0 Å². The Labute approximate surface area is 118 Å². The Hall–Kier alpha value is -1.84. The van der Waals surface area contributed by atoms with E-state index < -0.39 is 11.4 Å². The molecule has 0 radical (unpaired) electrons. The minimum atomic E-state index is -0.964. The molecule has 1 N–H and O–H groups in total. The van der Waals surface area contributed by atoms with Crippen LogP contribution in [0, 0.1) is 5.92 Å². The van der Waals surface area contributed by atoms with E-state index in [0.717, 1.165) is 17.5 Å². The van der Waals surface area contributed by atoms with Gasteiger partial charge in [0.05, 0.1) is 18.9 Å². The fourth-order valence-corrected chi connectivity index (χ4v) is 3.13. The first-order chi connectivity index (χ1) is 9.42. The smallest absolute Gasteiger partial charge is 0.304 e. The fraction of sp³-hybridized carbons (Fsp3) is 0.500. The average molecular weight is 276 g/mol. The summed E-state index contributed by atoms with van der Waals surface area (Å²) < 4.78 is 5.21. The summed E-state index contributed by atoms with van der Waals surface area (Å²) in [4.78, 5) is 23.9. The molecular weight excluding hydrogens is 256 g/mol. The second-order valence-electron chi connectivity index (χ2n) is 5.60. The second kappa shape index (κ2) is 5.27. The zero-order valence-corrected chi connectivity index (χ0v) is 12.1. The van der Waals surface area contributed by atoms with Gasteiger partial charge in [0, 0.05) is 5.92 Å². The van der Waals surface area contributed by atoms with Crippen LogP contribution >= 0.6 is 0 Å². The molecule has 2 unspecified atom stereocenters. The van der Waals surface area contributed by atoms with Crippen molar-refractivity contribution in [1.82, 2.24) is 0 Å². The van der Waals surface area contributed by atoms with Gasteiger partial charge < -0.3 is 9.84 Å². The number of methoxy groups -OCH3 is 1. The lowest BCUT2D eigenvalue weighted by molar-refractivity contribution is -0.142. The SMILES string of the molecule is CCC1Cc2ccc(OC)cc2C(C)(CC(=O)O)C1=O. The number of carboxylic acid groups (broad SMARTS) is 1. The highest BCUT2D eigenvalue weighted by atomic mass is 16.5. The zero-order valence-electron chi connectivity index (χ0n) is 12.1. The quantitative estimate of drug-likeness (QED) is 0.918. The Morgan fingerprint density at radius 1 is 1.50 bits per heavy atom. The van der Waals surface area contributed by atoms with Crippen molar-refractivity contribution in [3.8, 4) is 5.75 Å². The molecule has 0 aromatic heterocycles. The average Bonchev–Trinajstić information content (AvgIpc) is 2.42. The van der Waals surface area contributed by atoms with Gasteiger partial charge in [0.1, 0.15) is 11.5 Å². The van der Waals surface area contributed by atoms with Crippen molar-refractivity contribution >= 4 is 11.8 Å². The summed E-state index contributed by atoms with van der Waals surface area (Å²) in [5.74, 6) is -0.363. The highest BCUT2D eigenvalue weighted by molar-refractivity contribution is 5.97. The van der Waals surface area contributed by atoms with Crippen molar-refractivity contribution in [1.29, 1.82) is 0 Å². The largest absolute Gasteiger partial charge is 0.497 e. The van der Waals surface area contributed by atoms with Gasteiger partial charge in [-0.15, -0.1) is 0 Å². The Balaban J connectivity index is 2.58. The van der Waals surface area contributed by atoms with Gasteiger partial charge in [-0.3, -0.25) is 9.59 Å². The number of carbonyl (C=O) groups excluding carboxylic acids is 1. The van der Waals surface area contributed by atoms with E-state index in [4.69, 9.17) is 4.74 Å². The third-order valence-electron chi connectivity index (χ3n) is 4.29. The Morgan fingerprint density at radius 2 is 2.20 bits per heavy atom. The number of ketones is 1. The third-order valence-corrected chi connectivity index (χ3v) is 4.29. The topological polar surface area (TPSA) is 63.6 Å². The molecule has 4 heteroatoms. The maximum absolute atomic E-state index is 12.7. The van der Waals surface area contributed by atoms with Crippen LogP contribution in [0.4, 0.5) is 0 Å². The number of hydrogen-bond donors (Lipinski definition) is 1. The molecule has 0 aliphatic heterocycles. The molecule has 1 aliphatic rings. The molecule has 4 nitrogen and oxygen atoms in total. The first kappa shape index (κ1) is 14.6. The normalized spacial score (nSPS) is 25.1. The number of hydrogen-bond acceptors (Lipinski definition) is 3. The first-order valence-electron chi connectivity index (χ1n) is 6.86. The monoisotopic (exact) mass is 276 g/mol. The van der Waals surface area contributed by atoms with E-state index in [1.807, 2.05) is 25.1 Å². The summed E-state index contributed by atoms with van der Waals surface area (Å²) in [7, 11) is 1.57. The van der Waals surface area contributed by atoms with Crippen LogP contribution < -0.4 is 4.74 Å². The molecule has 1 aliphatic carbocycles. The van der Waals surface area contributed by atoms with Crippen molar-refractivity contribution in [2.45, 2.75) is 38.5 Å². The fourth-order valence-electron chi connectivity index (χ4n) is 3.13. The molecule has 2 atom stereocenters.